The molecule has 9 nitrogen and oxygen atoms in total. The summed E-state index contributed by atoms with van der Waals surface area (Å²) in [6, 6.07) is 14.3. The molecule has 0 aliphatic heterocycles. The van der Waals surface area contributed by atoms with Crippen LogP contribution in [0.15, 0.2) is 58.1 Å². The highest BCUT2D eigenvalue weighted by atomic mass is 19.1. The van der Waals surface area contributed by atoms with E-state index in [2.05, 4.69) is 4.98 Å². The van der Waals surface area contributed by atoms with E-state index in [-0.39, 0.29) is 43.3 Å². The molecule has 1 N–H and O–H groups in total. The first kappa shape index (κ1) is 22.0. The number of halogens is 1. The fourth-order valence-electron chi connectivity index (χ4n) is 3.51. The van der Waals surface area contributed by atoms with Gasteiger partial charge in [0.25, 0.3) is 5.56 Å². The summed E-state index contributed by atoms with van der Waals surface area (Å²) in [4.78, 5) is 30.4. The van der Waals surface area contributed by atoms with Crippen LogP contribution >= 0.6 is 0 Å². The number of benzene rings is 2. The van der Waals surface area contributed by atoms with Crippen molar-refractivity contribution in [1.29, 1.82) is 5.26 Å². The topological polar surface area (TPSA) is 115 Å². The van der Waals surface area contributed by atoms with Crippen molar-refractivity contribution in [3.63, 3.8) is 0 Å². The maximum absolute atomic E-state index is 13.4. The second-order valence-electron chi connectivity index (χ2n) is 7.40. The maximum Gasteiger partial charge on any atom is 0.332 e. The third kappa shape index (κ3) is 4.26. The van der Waals surface area contributed by atoms with Gasteiger partial charge in [0, 0.05) is 20.2 Å². The highest BCUT2D eigenvalue weighted by molar-refractivity contribution is 5.72. The molecule has 0 radical (unpaired) electrons. The molecule has 4 aromatic rings. The van der Waals surface area contributed by atoms with Crippen LogP contribution in [0.1, 0.15) is 17.5 Å². The quantitative estimate of drug-likeness (QED) is 0.462. The van der Waals surface area contributed by atoms with Crippen LogP contribution in [-0.4, -0.2) is 30.4 Å². The molecule has 0 spiro atoms. The van der Waals surface area contributed by atoms with Gasteiger partial charge in [-0.1, -0.05) is 18.2 Å². The summed E-state index contributed by atoms with van der Waals surface area (Å²) < 4.78 is 23.1. The Bertz CT molecular complexity index is 1480. The third-order valence-corrected chi connectivity index (χ3v) is 5.16. The second kappa shape index (κ2) is 9.10. The average molecular weight is 449 g/mol. The second-order valence-corrected chi connectivity index (χ2v) is 7.40. The Morgan fingerprint density at radius 1 is 1.15 bits per heavy atom. The Labute approximate surface area is 187 Å². The summed E-state index contributed by atoms with van der Waals surface area (Å²) in [6.45, 7) is -0.0103. The SMILES string of the molecule is Cn1c(=O)n(CCCO)c(=O)c2c1nc(Oc1cccc(C#N)c1)n2Cc1ccc(F)cc1. The average Bonchev–Trinajstić information content (AvgIpc) is 3.17. The number of imidazole rings is 1. The lowest BCUT2D eigenvalue weighted by Crippen LogP contribution is -2.39. The molecule has 0 fully saturated rings. The molecule has 0 amide bonds. The van der Waals surface area contributed by atoms with E-state index in [9.17, 15) is 14.0 Å². The minimum atomic E-state index is -0.572. The summed E-state index contributed by atoms with van der Waals surface area (Å²) >= 11 is 0. The van der Waals surface area contributed by atoms with Gasteiger partial charge in [-0.3, -0.25) is 18.5 Å². The largest absolute Gasteiger partial charge is 0.425 e. The molecule has 0 aliphatic carbocycles. The molecule has 0 aliphatic rings. The van der Waals surface area contributed by atoms with Gasteiger partial charge >= 0.3 is 11.7 Å². The number of aliphatic hydroxyl groups is 1. The fraction of sp³-hybridized carbons (Fsp3) is 0.217. The van der Waals surface area contributed by atoms with E-state index in [1.807, 2.05) is 6.07 Å². The number of nitrogens with zero attached hydrogens (tertiary/aromatic N) is 5. The van der Waals surface area contributed by atoms with Crippen molar-refractivity contribution in [1.82, 2.24) is 18.7 Å². The fourth-order valence-corrected chi connectivity index (χ4v) is 3.51. The predicted octanol–water partition coefficient (Wildman–Crippen LogP) is 2.13. The number of aromatic nitrogens is 4. The van der Waals surface area contributed by atoms with Gasteiger partial charge in [0.15, 0.2) is 11.2 Å². The van der Waals surface area contributed by atoms with Crippen LogP contribution in [0.2, 0.25) is 0 Å². The minimum Gasteiger partial charge on any atom is -0.425 e. The lowest BCUT2D eigenvalue weighted by Gasteiger charge is -2.11. The Morgan fingerprint density at radius 3 is 2.61 bits per heavy atom. The molecule has 10 heteroatoms. The van der Waals surface area contributed by atoms with E-state index < -0.39 is 17.1 Å². The van der Waals surface area contributed by atoms with Gasteiger partial charge in [-0.2, -0.15) is 10.2 Å². The van der Waals surface area contributed by atoms with Gasteiger partial charge < -0.3 is 9.84 Å². The van der Waals surface area contributed by atoms with Crippen molar-refractivity contribution >= 4 is 11.2 Å². The standard InChI is InChI=1S/C23H20FN5O4/c1-27-20-19(21(31)28(23(27)32)10-3-11-30)29(14-15-6-8-17(24)9-7-15)22(26-20)33-18-5-2-4-16(12-18)13-25/h2,4-9,12,30H,3,10-11,14H2,1H3. The molecule has 33 heavy (non-hydrogen) atoms. The van der Waals surface area contributed by atoms with E-state index >= 15 is 0 Å². The molecule has 4 rings (SSSR count). The van der Waals surface area contributed by atoms with E-state index in [4.69, 9.17) is 15.1 Å². The molecule has 2 heterocycles. The number of fused-ring (bicyclic) bond motifs is 1. The zero-order valence-electron chi connectivity index (χ0n) is 17.7. The molecule has 0 bridgehead atoms. The van der Waals surface area contributed by atoms with Gasteiger partial charge in [-0.05, 0) is 42.3 Å². The molecular formula is C23H20FN5O4. The van der Waals surface area contributed by atoms with Crippen LogP contribution in [0.4, 0.5) is 4.39 Å². The molecule has 2 aromatic carbocycles. The van der Waals surface area contributed by atoms with Crippen LogP contribution < -0.4 is 16.0 Å². The summed E-state index contributed by atoms with van der Waals surface area (Å²) in [5.41, 5.74) is 0.181. The van der Waals surface area contributed by atoms with Crippen LogP contribution in [-0.2, 0) is 20.1 Å². The highest BCUT2D eigenvalue weighted by Gasteiger charge is 2.22. The Hall–Kier alpha value is -4.23. The maximum atomic E-state index is 13.4. The Balaban J connectivity index is 1.93. The van der Waals surface area contributed by atoms with Gasteiger partial charge in [-0.15, -0.1) is 0 Å². The van der Waals surface area contributed by atoms with Crippen molar-refractivity contribution in [2.45, 2.75) is 19.5 Å². The first-order valence-electron chi connectivity index (χ1n) is 10.2. The molecule has 168 valence electrons. The van der Waals surface area contributed by atoms with E-state index in [0.717, 1.165) is 4.57 Å². The number of hydrogen-bond donors (Lipinski definition) is 1. The number of rotatable bonds is 7. The van der Waals surface area contributed by atoms with Crippen LogP contribution in [0, 0.1) is 17.1 Å². The van der Waals surface area contributed by atoms with Gasteiger partial charge in [0.05, 0.1) is 18.2 Å². The van der Waals surface area contributed by atoms with Gasteiger partial charge in [0.1, 0.15) is 11.6 Å². The smallest absolute Gasteiger partial charge is 0.332 e. The van der Waals surface area contributed by atoms with Crippen LogP contribution in [0.25, 0.3) is 11.2 Å². The molecular weight excluding hydrogens is 429 g/mol. The monoisotopic (exact) mass is 449 g/mol. The van der Waals surface area contributed by atoms with Crippen LogP contribution in [0.3, 0.4) is 0 Å². The number of aryl methyl sites for hydroxylation is 1. The predicted molar refractivity (Wildman–Crippen MR) is 118 cm³/mol. The van der Waals surface area contributed by atoms with Crippen molar-refractivity contribution < 1.29 is 14.2 Å². The number of nitriles is 1. The summed E-state index contributed by atoms with van der Waals surface area (Å²) in [5, 5.41) is 18.3. The molecule has 2 aromatic heterocycles. The number of hydrogen-bond acceptors (Lipinski definition) is 6. The van der Waals surface area contributed by atoms with Crippen molar-refractivity contribution in [3.8, 4) is 17.8 Å². The lowest BCUT2D eigenvalue weighted by atomic mass is 10.2. The van der Waals surface area contributed by atoms with E-state index in [0.29, 0.717) is 16.9 Å². The number of ether oxygens (including phenoxy) is 1. The zero-order valence-corrected chi connectivity index (χ0v) is 17.7. The van der Waals surface area contributed by atoms with Crippen molar-refractivity contribution in [2.24, 2.45) is 7.05 Å². The minimum absolute atomic E-state index is 0.0384. The highest BCUT2D eigenvalue weighted by Crippen LogP contribution is 2.26. The number of aliphatic hydroxyl groups excluding tert-OH is 1. The first-order valence-corrected chi connectivity index (χ1v) is 10.2. The van der Waals surface area contributed by atoms with E-state index in [1.165, 1.54) is 34.4 Å². The van der Waals surface area contributed by atoms with Gasteiger partial charge in [0.2, 0.25) is 0 Å². The van der Waals surface area contributed by atoms with Crippen molar-refractivity contribution in [3.05, 3.63) is 86.3 Å². The van der Waals surface area contributed by atoms with Crippen LogP contribution in [0.5, 0.6) is 11.8 Å². The summed E-state index contributed by atoms with van der Waals surface area (Å²) in [7, 11) is 1.49. The lowest BCUT2D eigenvalue weighted by molar-refractivity contribution is 0.277. The molecule has 0 atom stereocenters. The first-order chi connectivity index (χ1) is 15.9. The molecule has 0 saturated carbocycles. The Kier molecular flexibility index (Phi) is 6.06. The van der Waals surface area contributed by atoms with Gasteiger partial charge in [-0.25, -0.2) is 9.18 Å². The Morgan fingerprint density at radius 2 is 1.91 bits per heavy atom. The van der Waals surface area contributed by atoms with E-state index in [1.54, 1.807) is 30.3 Å². The summed E-state index contributed by atoms with van der Waals surface area (Å²) in [6.07, 6.45) is 0.233. The molecule has 0 unspecified atom stereocenters. The molecule has 0 saturated heterocycles. The normalized spacial score (nSPS) is 11.0. The summed E-state index contributed by atoms with van der Waals surface area (Å²) in [5.74, 6) is -0.0666. The van der Waals surface area contributed by atoms with Crippen molar-refractivity contribution in [2.75, 3.05) is 6.61 Å². The zero-order chi connectivity index (χ0) is 23.5. The third-order valence-electron chi connectivity index (χ3n) is 5.16.